The summed E-state index contributed by atoms with van der Waals surface area (Å²) in [4.78, 5) is 16.8. The minimum Gasteiger partial charge on any atom is -0.325 e. The fourth-order valence-electron chi connectivity index (χ4n) is 3.33. The van der Waals surface area contributed by atoms with Crippen molar-refractivity contribution in [3.63, 3.8) is 0 Å². The van der Waals surface area contributed by atoms with Crippen LogP contribution >= 0.6 is 22.9 Å². The highest BCUT2D eigenvalue weighted by Gasteiger charge is 2.27. The first-order valence-corrected chi connectivity index (χ1v) is 14.9. The highest BCUT2D eigenvalue weighted by Crippen LogP contribution is 2.26. The summed E-state index contributed by atoms with van der Waals surface area (Å²) < 4.78 is 55.3. The van der Waals surface area contributed by atoms with Crippen LogP contribution in [0.1, 0.15) is 5.56 Å². The van der Waals surface area contributed by atoms with Crippen LogP contribution in [0.2, 0.25) is 5.02 Å². The SMILES string of the molecule is Cc1cccc(N(CC(=O)Nc2ccc(S(=O)(=O)Nc3nccs3)cc2)S(=O)(=O)c2ccc(Cl)cc2)c1. The lowest BCUT2D eigenvalue weighted by atomic mass is 10.2. The van der Waals surface area contributed by atoms with Gasteiger partial charge in [0.1, 0.15) is 6.54 Å². The average molecular weight is 577 g/mol. The molecule has 1 aromatic heterocycles. The van der Waals surface area contributed by atoms with Gasteiger partial charge in [0, 0.05) is 22.3 Å². The minimum atomic E-state index is -4.10. The maximum atomic E-state index is 13.5. The molecule has 3 aromatic carbocycles. The fraction of sp³-hybridized carbons (Fsp3) is 0.0833. The topological polar surface area (TPSA) is 126 Å². The molecule has 0 aliphatic rings. The maximum Gasteiger partial charge on any atom is 0.264 e. The van der Waals surface area contributed by atoms with Crippen molar-refractivity contribution in [2.45, 2.75) is 16.7 Å². The molecule has 1 amide bonds. The summed E-state index contributed by atoms with van der Waals surface area (Å²) in [6.07, 6.45) is 1.48. The molecule has 0 unspecified atom stereocenters. The van der Waals surface area contributed by atoms with Crippen molar-refractivity contribution >= 4 is 65.4 Å². The first kappa shape index (κ1) is 26.6. The molecule has 1 heterocycles. The number of nitrogens with one attached hydrogen (secondary N) is 2. The minimum absolute atomic E-state index is 0.0199. The quantitative estimate of drug-likeness (QED) is 0.296. The molecule has 0 spiro atoms. The largest absolute Gasteiger partial charge is 0.325 e. The van der Waals surface area contributed by atoms with Crippen LogP contribution in [-0.2, 0) is 24.8 Å². The molecule has 0 saturated carbocycles. The predicted octanol–water partition coefficient (Wildman–Crippen LogP) is 4.74. The number of benzene rings is 3. The van der Waals surface area contributed by atoms with Gasteiger partial charge in [0.05, 0.1) is 15.5 Å². The Morgan fingerprint density at radius 2 is 1.65 bits per heavy atom. The third kappa shape index (κ3) is 6.46. The zero-order valence-corrected chi connectivity index (χ0v) is 22.5. The molecule has 9 nitrogen and oxygen atoms in total. The van der Waals surface area contributed by atoms with Crippen LogP contribution < -0.4 is 14.3 Å². The molecule has 0 bridgehead atoms. The first-order valence-electron chi connectivity index (χ1n) is 10.7. The van der Waals surface area contributed by atoms with Gasteiger partial charge in [-0.05, 0) is 73.2 Å². The highest BCUT2D eigenvalue weighted by molar-refractivity contribution is 7.93. The summed E-state index contributed by atoms with van der Waals surface area (Å²) in [6, 6.07) is 17.9. The summed E-state index contributed by atoms with van der Waals surface area (Å²) in [6.45, 7) is 1.30. The molecular formula is C24H21ClN4O5S3. The van der Waals surface area contributed by atoms with Crippen LogP contribution in [0.25, 0.3) is 0 Å². The first-order chi connectivity index (χ1) is 17.5. The number of aromatic nitrogens is 1. The van der Waals surface area contributed by atoms with E-state index >= 15 is 0 Å². The Morgan fingerprint density at radius 1 is 0.973 bits per heavy atom. The van der Waals surface area contributed by atoms with Gasteiger partial charge in [0.25, 0.3) is 20.0 Å². The standard InChI is InChI=1S/C24H21ClN4O5S3/c1-17-3-2-4-20(15-17)29(37(33,34)22-9-5-18(25)6-10-22)16-23(30)27-19-7-11-21(12-8-19)36(31,32)28-24-26-13-14-35-24/h2-15H,16H2,1H3,(H,26,28)(H,27,30). The molecule has 2 N–H and O–H groups in total. The summed E-state index contributed by atoms with van der Waals surface area (Å²) in [7, 11) is -7.96. The summed E-state index contributed by atoms with van der Waals surface area (Å²) >= 11 is 7.05. The van der Waals surface area contributed by atoms with E-state index < -0.39 is 32.5 Å². The van der Waals surface area contributed by atoms with Gasteiger partial charge in [-0.25, -0.2) is 21.8 Å². The van der Waals surface area contributed by atoms with Crippen LogP contribution in [-0.4, -0.2) is 34.3 Å². The average Bonchev–Trinajstić information content (AvgIpc) is 3.35. The van der Waals surface area contributed by atoms with Gasteiger partial charge in [-0.2, -0.15) is 0 Å². The lowest BCUT2D eigenvalue weighted by Gasteiger charge is -2.24. The van der Waals surface area contributed by atoms with Crippen molar-refractivity contribution in [3.8, 4) is 0 Å². The third-order valence-corrected chi connectivity index (χ3v) is 9.29. The van der Waals surface area contributed by atoms with Gasteiger partial charge in [0.15, 0.2) is 5.13 Å². The van der Waals surface area contributed by atoms with Crippen molar-refractivity contribution in [2.75, 3.05) is 20.9 Å². The lowest BCUT2D eigenvalue weighted by Crippen LogP contribution is -2.38. The van der Waals surface area contributed by atoms with Crippen molar-refractivity contribution in [2.24, 2.45) is 0 Å². The maximum absolute atomic E-state index is 13.5. The smallest absolute Gasteiger partial charge is 0.264 e. The van der Waals surface area contributed by atoms with E-state index in [0.29, 0.717) is 16.4 Å². The van der Waals surface area contributed by atoms with Gasteiger partial charge in [-0.1, -0.05) is 23.7 Å². The molecular weight excluding hydrogens is 556 g/mol. The van der Waals surface area contributed by atoms with Gasteiger partial charge in [-0.3, -0.25) is 13.8 Å². The monoisotopic (exact) mass is 576 g/mol. The number of halogens is 1. The molecule has 0 atom stereocenters. The van der Waals surface area contributed by atoms with Crippen LogP contribution in [0, 0.1) is 6.92 Å². The number of anilines is 3. The van der Waals surface area contributed by atoms with Crippen molar-refractivity contribution in [3.05, 3.63) is 95.0 Å². The molecule has 13 heteroatoms. The normalized spacial score (nSPS) is 11.6. The molecule has 4 aromatic rings. The van der Waals surface area contributed by atoms with Gasteiger partial charge in [0.2, 0.25) is 5.91 Å². The predicted molar refractivity (Wildman–Crippen MR) is 145 cm³/mol. The number of rotatable bonds is 9. The van der Waals surface area contributed by atoms with Crippen LogP contribution in [0.5, 0.6) is 0 Å². The summed E-state index contributed by atoms with van der Waals surface area (Å²) in [5.74, 6) is -0.615. The number of hydrogen-bond acceptors (Lipinski definition) is 7. The lowest BCUT2D eigenvalue weighted by molar-refractivity contribution is -0.114. The Kier molecular flexibility index (Phi) is 7.83. The number of carbonyl (C=O) groups excluding carboxylic acids is 1. The molecule has 0 radical (unpaired) electrons. The van der Waals surface area contributed by atoms with Crippen LogP contribution in [0.15, 0.2) is 94.2 Å². The van der Waals surface area contributed by atoms with Gasteiger partial charge in [-0.15, -0.1) is 11.3 Å². The highest BCUT2D eigenvalue weighted by atomic mass is 35.5. The number of nitrogens with zero attached hydrogens (tertiary/aromatic N) is 2. The van der Waals surface area contributed by atoms with E-state index in [9.17, 15) is 21.6 Å². The Balaban J connectivity index is 1.54. The van der Waals surface area contributed by atoms with Crippen LogP contribution in [0.4, 0.5) is 16.5 Å². The molecule has 4 rings (SSSR count). The molecule has 192 valence electrons. The molecule has 37 heavy (non-hydrogen) atoms. The molecule has 0 aliphatic heterocycles. The van der Waals surface area contributed by atoms with E-state index in [1.54, 1.807) is 23.6 Å². The molecule has 0 saturated heterocycles. The zero-order valence-electron chi connectivity index (χ0n) is 19.3. The van der Waals surface area contributed by atoms with Crippen molar-refractivity contribution < 1.29 is 21.6 Å². The van der Waals surface area contributed by atoms with Crippen molar-refractivity contribution in [1.82, 2.24) is 4.98 Å². The Morgan fingerprint density at radius 3 is 2.27 bits per heavy atom. The summed E-state index contributed by atoms with van der Waals surface area (Å²) in [5, 5.41) is 4.88. The Labute approximate surface area is 223 Å². The fourth-order valence-corrected chi connectivity index (χ4v) is 6.66. The van der Waals surface area contributed by atoms with Crippen LogP contribution in [0.3, 0.4) is 0 Å². The Hall–Kier alpha value is -3.45. The molecule has 0 aliphatic carbocycles. The second kappa shape index (κ2) is 10.9. The van der Waals surface area contributed by atoms with E-state index in [1.165, 1.54) is 54.7 Å². The number of hydrogen-bond donors (Lipinski definition) is 2. The molecule has 0 fully saturated rings. The van der Waals surface area contributed by atoms with E-state index in [4.69, 9.17) is 11.6 Å². The van der Waals surface area contributed by atoms with E-state index in [-0.39, 0.29) is 14.9 Å². The number of thiazole rings is 1. The van der Waals surface area contributed by atoms with Crippen molar-refractivity contribution in [1.29, 1.82) is 0 Å². The third-order valence-electron chi connectivity index (χ3n) is 5.08. The Bertz CT molecular complexity index is 1610. The van der Waals surface area contributed by atoms with Gasteiger partial charge < -0.3 is 5.32 Å². The number of amides is 1. The second-order valence-corrected chi connectivity index (χ2v) is 12.7. The van der Waals surface area contributed by atoms with E-state index in [2.05, 4.69) is 15.0 Å². The zero-order chi connectivity index (χ0) is 26.6. The summed E-state index contributed by atoms with van der Waals surface area (Å²) in [5.41, 5.74) is 1.43. The van der Waals surface area contributed by atoms with Gasteiger partial charge >= 0.3 is 0 Å². The number of sulfonamides is 2. The second-order valence-electron chi connectivity index (χ2n) is 7.82. The number of carbonyl (C=O) groups is 1. The van der Waals surface area contributed by atoms with E-state index in [0.717, 1.165) is 21.2 Å². The van der Waals surface area contributed by atoms with E-state index in [1.807, 2.05) is 13.0 Å². The number of aryl methyl sites for hydroxylation is 1.